The molecule has 3 aromatic rings. The van der Waals surface area contributed by atoms with Gasteiger partial charge in [-0.05, 0) is 44.4 Å². The molecule has 1 aromatic carbocycles. The predicted octanol–water partition coefficient (Wildman–Crippen LogP) is 3.16. The molecule has 160 valence electrons. The number of fused-ring (bicyclic) bond motifs is 1. The minimum atomic E-state index is -0.0631. The maximum absolute atomic E-state index is 12.9. The molecule has 2 heterocycles. The van der Waals surface area contributed by atoms with Crippen LogP contribution in [0.4, 0.5) is 0 Å². The van der Waals surface area contributed by atoms with Crippen LogP contribution in [0.3, 0.4) is 0 Å². The topological polar surface area (TPSA) is 81.8 Å². The van der Waals surface area contributed by atoms with E-state index in [1.165, 1.54) is 11.8 Å². The molecule has 1 N–H and O–H groups in total. The Kier molecular flexibility index (Phi) is 7.31. The van der Waals surface area contributed by atoms with Crippen molar-refractivity contribution in [2.24, 2.45) is 5.92 Å². The van der Waals surface area contributed by atoms with E-state index in [9.17, 15) is 9.59 Å². The van der Waals surface area contributed by atoms with Gasteiger partial charge in [0, 0.05) is 25.3 Å². The van der Waals surface area contributed by atoms with Crippen LogP contribution in [-0.4, -0.2) is 37.5 Å². The fourth-order valence-electron chi connectivity index (χ4n) is 3.32. The maximum Gasteiger partial charge on any atom is 0.262 e. The first-order valence-electron chi connectivity index (χ1n) is 10.2. The van der Waals surface area contributed by atoms with Crippen LogP contribution in [0.1, 0.15) is 31.7 Å². The van der Waals surface area contributed by atoms with Crippen molar-refractivity contribution < 1.29 is 4.79 Å². The minimum absolute atomic E-state index is 0.0536. The molecule has 30 heavy (non-hydrogen) atoms. The molecule has 0 saturated carbocycles. The third-order valence-electron chi connectivity index (χ3n) is 4.68. The summed E-state index contributed by atoms with van der Waals surface area (Å²) in [4.78, 5) is 29.9. The first-order valence-corrected chi connectivity index (χ1v) is 11.2. The average molecular weight is 428 g/mol. The highest BCUT2D eigenvalue weighted by Gasteiger charge is 2.14. The molecule has 0 bridgehead atoms. The fourth-order valence-corrected chi connectivity index (χ4v) is 4.16. The smallest absolute Gasteiger partial charge is 0.262 e. The SMILES string of the molecule is Cc1cc(C)n(CCCNC(=O)CSc2nc3ccccc3c(=O)n2CC(C)C)n1. The number of carbonyl (C=O) groups is 1. The van der Waals surface area contributed by atoms with Gasteiger partial charge in [0.2, 0.25) is 5.91 Å². The molecule has 0 saturated heterocycles. The van der Waals surface area contributed by atoms with Gasteiger partial charge in [-0.3, -0.25) is 18.8 Å². The molecule has 0 aliphatic rings. The number of rotatable bonds is 9. The lowest BCUT2D eigenvalue weighted by Crippen LogP contribution is -2.29. The fraction of sp³-hybridized carbons (Fsp3) is 0.455. The zero-order chi connectivity index (χ0) is 21.7. The molecule has 1 amide bonds. The van der Waals surface area contributed by atoms with Crippen LogP contribution in [0.2, 0.25) is 0 Å². The Hall–Kier alpha value is -2.61. The number of thioether (sulfide) groups is 1. The zero-order valence-corrected chi connectivity index (χ0v) is 18.8. The first kappa shape index (κ1) is 22.1. The van der Waals surface area contributed by atoms with Gasteiger partial charge in [0.25, 0.3) is 5.56 Å². The summed E-state index contributed by atoms with van der Waals surface area (Å²) in [5, 5.41) is 8.57. The summed E-state index contributed by atoms with van der Waals surface area (Å²) < 4.78 is 3.65. The highest BCUT2D eigenvalue weighted by Crippen LogP contribution is 2.18. The van der Waals surface area contributed by atoms with E-state index in [2.05, 4.69) is 29.2 Å². The molecule has 2 aromatic heterocycles. The molecule has 0 spiro atoms. The lowest BCUT2D eigenvalue weighted by molar-refractivity contribution is -0.118. The van der Waals surface area contributed by atoms with Gasteiger partial charge >= 0.3 is 0 Å². The Balaban J connectivity index is 1.59. The summed E-state index contributed by atoms with van der Waals surface area (Å²) >= 11 is 1.31. The number of nitrogens with one attached hydrogen (secondary N) is 1. The number of hydrogen-bond acceptors (Lipinski definition) is 5. The molecule has 0 atom stereocenters. The van der Waals surface area contributed by atoms with Gasteiger partial charge < -0.3 is 5.32 Å². The quantitative estimate of drug-likeness (QED) is 0.322. The normalized spacial score (nSPS) is 11.4. The molecule has 8 heteroatoms. The number of nitrogens with zero attached hydrogens (tertiary/aromatic N) is 4. The maximum atomic E-state index is 12.9. The molecule has 0 aliphatic carbocycles. The van der Waals surface area contributed by atoms with Crippen molar-refractivity contribution in [1.82, 2.24) is 24.6 Å². The van der Waals surface area contributed by atoms with Crippen molar-refractivity contribution >= 4 is 28.6 Å². The molecular formula is C22H29N5O2S. The van der Waals surface area contributed by atoms with Crippen LogP contribution in [0.5, 0.6) is 0 Å². The predicted molar refractivity (Wildman–Crippen MR) is 121 cm³/mol. The van der Waals surface area contributed by atoms with Crippen LogP contribution in [0, 0.1) is 19.8 Å². The first-order chi connectivity index (χ1) is 14.3. The van der Waals surface area contributed by atoms with Gasteiger partial charge in [-0.15, -0.1) is 0 Å². The Labute approximate surface area is 180 Å². The Bertz CT molecular complexity index is 1090. The molecule has 3 rings (SSSR count). The summed E-state index contributed by atoms with van der Waals surface area (Å²) in [5.41, 5.74) is 2.74. The summed E-state index contributed by atoms with van der Waals surface area (Å²) in [6.07, 6.45) is 0.810. The second-order valence-electron chi connectivity index (χ2n) is 7.86. The van der Waals surface area contributed by atoms with Crippen molar-refractivity contribution in [2.45, 2.75) is 52.4 Å². The van der Waals surface area contributed by atoms with Crippen LogP contribution < -0.4 is 10.9 Å². The lowest BCUT2D eigenvalue weighted by atomic mass is 10.2. The Morgan fingerprint density at radius 2 is 2.00 bits per heavy atom. The third kappa shape index (κ3) is 5.50. The highest BCUT2D eigenvalue weighted by molar-refractivity contribution is 7.99. The van der Waals surface area contributed by atoms with Crippen molar-refractivity contribution in [3.8, 4) is 0 Å². The number of aryl methyl sites for hydroxylation is 3. The molecule has 0 unspecified atom stereocenters. The number of carbonyl (C=O) groups excluding carboxylic acids is 1. The Morgan fingerprint density at radius 3 is 2.70 bits per heavy atom. The largest absolute Gasteiger partial charge is 0.355 e. The zero-order valence-electron chi connectivity index (χ0n) is 18.0. The second kappa shape index (κ2) is 9.93. The molecule has 0 aliphatic heterocycles. The highest BCUT2D eigenvalue weighted by atomic mass is 32.2. The van der Waals surface area contributed by atoms with E-state index in [-0.39, 0.29) is 17.2 Å². The summed E-state index contributed by atoms with van der Waals surface area (Å²) in [7, 11) is 0. The molecule has 0 fully saturated rings. The Morgan fingerprint density at radius 1 is 1.23 bits per heavy atom. The summed E-state index contributed by atoms with van der Waals surface area (Å²) in [5.74, 6) is 0.461. The van der Waals surface area contributed by atoms with E-state index in [0.717, 1.165) is 24.4 Å². The average Bonchev–Trinajstić information content (AvgIpc) is 3.03. The van der Waals surface area contributed by atoms with Gasteiger partial charge in [0.05, 0.1) is 22.3 Å². The van der Waals surface area contributed by atoms with E-state index >= 15 is 0 Å². The molecule has 7 nitrogen and oxygen atoms in total. The van der Waals surface area contributed by atoms with Gasteiger partial charge in [0.15, 0.2) is 5.16 Å². The van der Waals surface area contributed by atoms with E-state index in [4.69, 9.17) is 0 Å². The van der Waals surface area contributed by atoms with Gasteiger partial charge in [-0.2, -0.15) is 5.10 Å². The molecular weight excluding hydrogens is 398 g/mol. The number of aromatic nitrogens is 4. The van der Waals surface area contributed by atoms with E-state index < -0.39 is 0 Å². The van der Waals surface area contributed by atoms with Crippen LogP contribution >= 0.6 is 11.8 Å². The van der Waals surface area contributed by atoms with Crippen molar-refractivity contribution in [3.63, 3.8) is 0 Å². The lowest BCUT2D eigenvalue weighted by Gasteiger charge is -2.15. The third-order valence-corrected chi connectivity index (χ3v) is 5.66. The van der Waals surface area contributed by atoms with Gasteiger partial charge in [-0.25, -0.2) is 4.98 Å². The summed E-state index contributed by atoms with van der Waals surface area (Å²) in [6.45, 7) is 10.1. The van der Waals surface area contributed by atoms with Crippen molar-refractivity contribution in [3.05, 3.63) is 52.1 Å². The number of benzene rings is 1. The van der Waals surface area contributed by atoms with Crippen LogP contribution in [-0.2, 0) is 17.9 Å². The standard InChI is InChI=1S/C22H29N5O2S/c1-15(2)13-26-21(29)18-8-5-6-9-19(18)24-22(26)30-14-20(28)23-10-7-11-27-17(4)12-16(3)25-27/h5-6,8-9,12,15H,7,10-11,13-14H2,1-4H3,(H,23,28). The van der Waals surface area contributed by atoms with E-state index in [0.29, 0.717) is 35.1 Å². The van der Waals surface area contributed by atoms with Gasteiger partial charge in [0.1, 0.15) is 0 Å². The van der Waals surface area contributed by atoms with E-state index in [1.54, 1.807) is 10.6 Å². The van der Waals surface area contributed by atoms with Crippen molar-refractivity contribution in [1.29, 1.82) is 0 Å². The monoisotopic (exact) mass is 427 g/mol. The van der Waals surface area contributed by atoms with Crippen LogP contribution in [0.25, 0.3) is 10.9 Å². The number of para-hydroxylation sites is 1. The number of hydrogen-bond donors (Lipinski definition) is 1. The second-order valence-corrected chi connectivity index (χ2v) is 8.81. The number of amides is 1. The van der Waals surface area contributed by atoms with Crippen molar-refractivity contribution in [2.75, 3.05) is 12.3 Å². The van der Waals surface area contributed by atoms with Crippen LogP contribution in [0.15, 0.2) is 40.3 Å². The van der Waals surface area contributed by atoms with Gasteiger partial charge in [-0.1, -0.05) is 37.7 Å². The van der Waals surface area contributed by atoms with E-state index in [1.807, 2.05) is 42.8 Å². The minimum Gasteiger partial charge on any atom is -0.355 e. The molecule has 0 radical (unpaired) electrons. The summed E-state index contributed by atoms with van der Waals surface area (Å²) in [6, 6.07) is 9.39.